The Morgan fingerprint density at radius 3 is 2.41 bits per heavy atom. The largest absolute Gasteiger partial charge is 0.351 e. The summed E-state index contributed by atoms with van der Waals surface area (Å²) in [5, 5.41) is 9.03. The summed E-state index contributed by atoms with van der Waals surface area (Å²) in [6, 6.07) is 9.37. The molecular formula is C23H30N8O3. The van der Waals surface area contributed by atoms with Crippen molar-refractivity contribution in [3.63, 3.8) is 0 Å². The quantitative estimate of drug-likeness (QED) is 0.534. The summed E-state index contributed by atoms with van der Waals surface area (Å²) < 4.78 is 4.36. The Balaban J connectivity index is 0.000000588. The van der Waals surface area contributed by atoms with E-state index in [1.807, 2.05) is 16.7 Å². The minimum Gasteiger partial charge on any atom is -0.351 e. The van der Waals surface area contributed by atoms with Gasteiger partial charge in [0.15, 0.2) is 11.2 Å². The first-order valence-corrected chi connectivity index (χ1v) is 11.0. The summed E-state index contributed by atoms with van der Waals surface area (Å²) >= 11 is 0. The Labute approximate surface area is 197 Å². The lowest BCUT2D eigenvalue weighted by Crippen LogP contribution is -2.44. The molecule has 0 radical (unpaired) electrons. The number of rotatable bonds is 4. The molecule has 3 aromatic rings. The van der Waals surface area contributed by atoms with Gasteiger partial charge in [-0.1, -0.05) is 12.1 Å². The van der Waals surface area contributed by atoms with E-state index in [1.165, 1.54) is 16.5 Å². The highest BCUT2D eigenvalue weighted by Crippen LogP contribution is 2.24. The molecule has 0 spiro atoms. The van der Waals surface area contributed by atoms with Crippen LogP contribution in [0.3, 0.4) is 0 Å². The molecule has 1 aromatic carbocycles. The molecule has 180 valence electrons. The Kier molecular flexibility index (Phi) is 7.53. The summed E-state index contributed by atoms with van der Waals surface area (Å²) in [7, 11) is 6.47. The molecule has 1 unspecified atom stereocenters. The van der Waals surface area contributed by atoms with Crippen LogP contribution in [-0.4, -0.2) is 63.2 Å². The van der Waals surface area contributed by atoms with Crippen molar-refractivity contribution in [2.45, 2.75) is 25.4 Å². The molecule has 2 N–H and O–H groups in total. The third-order valence-electron chi connectivity index (χ3n) is 5.70. The fourth-order valence-electron chi connectivity index (χ4n) is 3.89. The molecule has 0 aliphatic carbocycles. The van der Waals surface area contributed by atoms with Gasteiger partial charge in [-0.25, -0.2) is 4.79 Å². The Morgan fingerprint density at radius 2 is 1.85 bits per heavy atom. The van der Waals surface area contributed by atoms with E-state index in [-0.39, 0.29) is 11.6 Å². The number of aryl methyl sites for hydroxylation is 1. The molecule has 1 fully saturated rings. The standard InChI is InChI=1S/C20H23N7O2.C3H7NO/c1-24-17-16(18(28)25(2)20(24)29)27(11-14-7-5-13(10-21)6-8-14)19(23-17)26-9-3-4-15(22)12-26;1-4(2)3-5/h5-8,15H,3-4,9,11-12,22H2,1-2H3;3H,1-2H3. The van der Waals surface area contributed by atoms with Gasteiger partial charge in [-0.15, -0.1) is 0 Å². The van der Waals surface area contributed by atoms with Crippen LogP contribution in [0.15, 0.2) is 33.9 Å². The number of aromatic nitrogens is 4. The van der Waals surface area contributed by atoms with Crippen LogP contribution in [0.2, 0.25) is 0 Å². The highest BCUT2D eigenvalue weighted by Gasteiger charge is 2.25. The average molecular weight is 467 g/mol. The van der Waals surface area contributed by atoms with E-state index in [0.717, 1.165) is 35.9 Å². The molecule has 1 aliphatic heterocycles. The molecule has 3 heterocycles. The van der Waals surface area contributed by atoms with Crippen LogP contribution >= 0.6 is 0 Å². The summed E-state index contributed by atoms with van der Waals surface area (Å²) in [6.45, 7) is 1.83. The number of hydrogen-bond acceptors (Lipinski definition) is 7. The van der Waals surface area contributed by atoms with Crippen LogP contribution in [-0.2, 0) is 25.4 Å². The van der Waals surface area contributed by atoms with Crippen molar-refractivity contribution >= 4 is 23.5 Å². The molecular weight excluding hydrogens is 436 g/mol. The van der Waals surface area contributed by atoms with Crippen molar-refractivity contribution in [2.24, 2.45) is 19.8 Å². The van der Waals surface area contributed by atoms with E-state index in [0.29, 0.717) is 35.8 Å². The van der Waals surface area contributed by atoms with Gasteiger partial charge in [0.2, 0.25) is 12.4 Å². The minimum atomic E-state index is -0.410. The van der Waals surface area contributed by atoms with E-state index in [1.54, 1.807) is 33.3 Å². The number of nitriles is 1. The van der Waals surface area contributed by atoms with E-state index < -0.39 is 5.69 Å². The van der Waals surface area contributed by atoms with Gasteiger partial charge in [-0.05, 0) is 30.5 Å². The first kappa shape index (κ1) is 24.7. The molecule has 11 nitrogen and oxygen atoms in total. The number of amides is 1. The summed E-state index contributed by atoms with van der Waals surface area (Å²) in [6.07, 6.45) is 2.64. The van der Waals surface area contributed by atoms with Crippen molar-refractivity contribution in [1.29, 1.82) is 5.26 Å². The fraction of sp³-hybridized carbons (Fsp3) is 0.435. The lowest BCUT2D eigenvalue weighted by molar-refractivity contribution is -0.115. The number of nitrogens with zero attached hydrogens (tertiary/aromatic N) is 7. The number of hydrogen-bond donors (Lipinski definition) is 1. The van der Waals surface area contributed by atoms with Crippen LogP contribution in [0.4, 0.5) is 5.95 Å². The van der Waals surface area contributed by atoms with Crippen molar-refractivity contribution in [3.8, 4) is 6.07 Å². The zero-order chi connectivity index (χ0) is 25.0. The lowest BCUT2D eigenvalue weighted by Gasteiger charge is -2.31. The number of anilines is 1. The number of piperidine rings is 1. The van der Waals surface area contributed by atoms with Crippen molar-refractivity contribution < 1.29 is 4.79 Å². The predicted octanol–water partition coefficient (Wildman–Crippen LogP) is -0.0144. The number of carbonyl (C=O) groups is 1. The summed E-state index contributed by atoms with van der Waals surface area (Å²) in [4.78, 5) is 43.0. The van der Waals surface area contributed by atoms with Gasteiger partial charge in [0.1, 0.15) is 0 Å². The topological polar surface area (TPSA) is 135 Å². The zero-order valence-electron chi connectivity index (χ0n) is 19.9. The highest BCUT2D eigenvalue weighted by atomic mass is 16.2. The lowest BCUT2D eigenvalue weighted by atomic mass is 10.1. The Morgan fingerprint density at radius 1 is 1.21 bits per heavy atom. The Hall–Kier alpha value is -3.91. The van der Waals surface area contributed by atoms with Crippen molar-refractivity contribution in [1.82, 2.24) is 23.6 Å². The van der Waals surface area contributed by atoms with Crippen LogP contribution in [0, 0.1) is 11.3 Å². The molecule has 4 rings (SSSR count). The highest BCUT2D eigenvalue weighted by molar-refractivity contribution is 5.75. The SMILES string of the molecule is CN(C)C=O.Cn1c(=O)c2c(nc(N3CCCC(N)C3)n2Cc2ccc(C#N)cc2)n(C)c1=O. The molecule has 34 heavy (non-hydrogen) atoms. The minimum absolute atomic E-state index is 0.0403. The van der Waals surface area contributed by atoms with Gasteiger partial charge >= 0.3 is 5.69 Å². The van der Waals surface area contributed by atoms with E-state index in [2.05, 4.69) is 11.0 Å². The molecule has 11 heteroatoms. The second-order valence-corrected chi connectivity index (χ2v) is 8.60. The average Bonchev–Trinajstić information content (AvgIpc) is 3.21. The first-order valence-electron chi connectivity index (χ1n) is 11.0. The summed E-state index contributed by atoms with van der Waals surface area (Å²) in [5.41, 5.74) is 7.63. The number of carbonyl (C=O) groups excluding carboxylic acids is 1. The van der Waals surface area contributed by atoms with E-state index in [4.69, 9.17) is 16.0 Å². The van der Waals surface area contributed by atoms with Gasteiger partial charge in [0.05, 0.1) is 18.2 Å². The maximum absolute atomic E-state index is 13.0. The maximum Gasteiger partial charge on any atom is 0.332 e. The predicted molar refractivity (Wildman–Crippen MR) is 130 cm³/mol. The number of nitrogens with two attached hydrogens (primary N) is 1. The number of benzene rings is 1. The first-order chi connectivity index (χ1) is 16.2. The second kappa shape index (κ2) is 10.4. The van der Waals surface area contributed by atoms with Crippen molar-refractivity contribution in [2.75, 3.05) is 32.1 Å². The second-order valence-electron chi connectivity index (χ2n) is 8.60. The maximum atomic E-state index is 13.0. The van der Waals surface area contributed by atoms with Gasteiger partial charge in [-0.2, -0.15) is 10.2 Å². The van der Waals surface area contributed by atoms with Crippen molar-refractivity contribution in [3.05, 3.63) is 56.2 Å². The third kappa shape index (κ3) is 5.02. The molecule has 1 amide bonds. The number of imidazole rings is 1. The molecule has 2 aromatic heterocycles. The molecule has 0 saturated carbocycles. The number of fused-ring (bicyclic) bond motifs is 1. The van der Waals surface area contributed by atoms with Crippen LogP contribution < -0.4 is 21.9 Å². The third-order valence-corrected chi connectivity index (χ3v) is 5.70. The molecule has 0 bridgehead atoms. The normalized spacial score (nSPS) is 15.4. The monoisotopic (exact) mass is 466 g/mol. The summed E-state index contributed by atoms with van der Waals surface area (Å²) in [5.74, 6) is 0.637. The van der Waals surface area contributed by atoms with Crippen LogP contribution in [0.25, 0.3) is 11.2 Å². The Bertz CT molecular complexity index is 1330. The van der Waals surface area contributed by atoms with E-state index in [9.17, 15) is 14.4 Å². The molecule has 1 aliphatic rings. The van der Waals surface area contributed by atoms with Gasteiger partial charge in [0, 0.05) is 47.3 Å². The smallest absolute Gasteiger partial charge is 0.332 e. The molecule has 1 atom stereocenters. The van der Waals surface area contributed by atoms with E-state index >= 15 is 0 Å². The van der Waals surface area contributed by atoms with Crippen LogP contribution in [0.5, 0.6) is 0 Å². The van der Waals surface area contributed by atoms with Gasteiger partial charge in [-0.3, -0.25) is 23.3 Å². The molecule has 1 saturated heterocycles. The fourth-order valence-corrected chi connectivity index (χ4v) is 3.89. The zero-order valence-corrected chi connectivity index (χ0v) is 19.9. The van der Waals surface area contributed by atoms with Crippen LogP contribution in [0.1, 0.15) is 24.0 Å². The van der Waals surface area contributed by atoms with Gasteiger partial charge in [0.25, 0.3) is 5.56 Å². The van der Waals surface area contributed by atoms with Gasteiger partial charge < -0.3 is 15.5 Å².